The van der Waals surface area contributed by atoms with E-state index in [1.165, 1.54) is 0 Å². The number of hydrogen-bond acceptors (Lipinski definition) is 3. The van der Waals surface area contributed by atoms with Crippen LogP contribution < -0.4 is 4.90 Å². The fraction of sp³-hybridized carbons (Fsp3) is 0.462. The minimum atomic E-state index is 0.464. The molecule has 0 bridgehead atoms. The van der Waals surface area contributed by atoms with Gasteiger partial charge in [-0.15, -0.1) is 0 Å². The third-order valence-corrected chi connectivity index (χ3v) is 3.84. The zero-order valence-corrected chi connectivity index (χ0v) is 12.0. The maximum Gasteiger partial charge on any atom is 0.101 e. The van der Waals surface area contributed by atoms with Crippen LogP contribution in [0.1, 0.15) is 18.9 Å². The lowest BCUT2D eigenvalue weighted by Crippen LogP contribution is -2.29. The van der Waals surface area contributed by atoms with E-state index in [9.17, 15) is 0 Å². The van der Waals surface area contributed by atoms with Crippen LogP contribution in [-0.4, -0.2) is 25.1 Å². The first-order valence-corrected chi connectivity index (χ1v) is 7.28. The van der Waals surface area contributed by atoms with E-state index in [-0.39, 0.29) is 0 Å². The highest BCUT2D eigenvalue weighted by Crippen LogP contribution is 2.24. The average molecular weight is 269 g/mol. The lowest BCUT2D eigenvalue weighted by Gasteiger charge is -2.27. The van der Waals surface area contributed by atoms with Gasteiger partial charge in [-0.3, -0.25) is 0 Å². The van der Waals surface area contributed by atoms with Crippen molar-refractivity contribution >= 4 is 29.1 Å². The van der Waals surface area contributed by atoms with Gasteiger partial charge in [-0.25, -0.2) is 0 Å². The van der Waals surface area contributed by atoms with Crippen LogP contribution in [0.25, 0.3) is 0 Å². The van der Waals surface area contributed by atoms with Gasteiger partial charge >= 0.3 is 0 Å². The first-order valence-electron chi connectivity index (χ1n) is 5.51. The van der Waals surface area contributed by atoms with Crippen LogP contribution in [-0.2, 0) is 0 Å². The van der Waals surface area contributed by atoms with Crippen LogP contribution in [0.5, 0.6) is 0 Å². The highest BCUT2D eigenvalue weighted by molar-refractivity contribution is 7.98. The summed E-state index contributed by atoms with van der Waals surface area (Å²) in [7, 11) is 2.06. The number of anilines is 1. The summed E-state index contributed by atoms with van der Waals surface area (Å²) in [5.41, 5.74) is 1.59. The maximum absolute atomic E-state index is 8.82. The molecule has 0 fully saturated rings. The molecular formula is C13H17ClN2S. The smallest absolute Gasteiger partial charge is 0.101 e. The van der Waals surface area contributed by atoms with Gasteiger partial charge in [0, 0.05) is 18.8 Å². The molecule has 0 aromatic heterocycles. The van der Waals surface area contributed by atoms with Crippen molar-refractivity contribution in [2.24, 2.45) is 0 Å². The molecule has 4 heteroatoms. The number of benzene rings is 1. The Balaban J connectivity index is 2.79. The Bertz CT molecular complexity index is 414. The molecule has 0 amide bonds. The number of nitrogens with zero attached hydrogens (tertiary/aromatic N) is 2. The van der Waals surface area contributed by atoms with E-state index in [0.29, 0.717) is 16.6 Å². The Kier molecular flexibility index (Phi) is 5.67. The molecule has 0 radical (unpaired) electrons. The summed E-state index contributed by atoms with van der Waals surface area (Å²) in [6.45, 7) is 2.20. The maximum atomic E-state index is 8.82. The highest BCUT2D eigenvalue weighted by Gasteiger charge is 2.11. The summed E-state index contributed by atoms with van der Waals surface area (Å²) in [5, 5.41) is 9.34. The zero-order valence-electron chi connectivity index (χ0n) is 10.4. The third-order valence-electron chi connectivity index (χ3n) is 2.88. The van der Waals surface area contributed by atoms with Crippen molar-refractivity contribution in [3.05, 3.63) is 28.8 Å². The van der Waals surface area contributed by atoms with Crippen LogP contribution in [0, 0.1) is 11.3 Å². The lowest BCUT2D eigenvalue weighted by molar-refractivity contribution is 0.669. The standard InChI is InChI=1S/C13H17ClN2S/c1-10(6-7-17-3)16(2)12-5-4-11(9-15)13(14)8-12/h4-5,8,10H,6-7H2,1-3H3. The van der Waals surface area contributed by atoms with Crippen LogP contribution in [0.15, 0.2) is 18.2 Å². The number of nitriles is 1. The predicted octanol–water partition coefficient (Wildman–Crippen LogP) is 3.79. The predicted molar refractivity (Wildman–Crippen MR) is 77.0 cm³/mol. The van der Waals surface area contributed by atoms with Crippen molar-refractivity contribution in [3.63, 3.8) is 0 Å². The van der Waals surface area contributed by atoms with Gasteiger partial charge in [-0.2, -0.15) is 17.0 Å². The van der Waals surface area contributed by atoms with Crippen LogP contribution >= 0.6 is 23.4 Å². The molecule has 1 unspecified atom stereocenters. The molecule has 0 spiro atoms. The molecule has 0 aliphatic heterocycles. The topological polar surface area (TPSA) is 27.0 Å². The minimum absolute atomic E-state index is 0.464. The molecule has 0 aliphatic carbocycles. The molecule has 1 rings (SSSR count). The van der Waals surface area contributed by atoms with Crippen molar-refractivity contribution in [1.29, 1.82) is 5.26 Å². The first kappa shape index (κ1) is 14.2. The van der Waals surface area contributed by atoms with E-state index in [0.717, 1.165) is 17.9 Å². The van der Waals surface area contributed by atoms with E-state index in [2.05, 4.69) is 31.2 Å². The second-order valence-electron chi connectivity index (χ2n) is 4.02. The van der Waals surface area contributed by atoms with Crippen molar-refractivity contribution in [2.75, 3.05) is 24.0 Å². The number of thioether (sulfide) groups is 1. The van der Waals surface area contributed by atoms with Crippen molar-refractivity contribution < 1.29 is 0 Å². The largest absolute Gasteiger partial charge is 0.372 e. The Morgan fingerprint density at radius 3 is 2.76 bits per heavy atom. The number of hydrogen-bond donors (Lipinski definition) is 0. The van der Waals surface area contributed by atoms with Crippen LogP contribution in [0.4, 0.5) is 5.69 Å². The van der Waals surface area contributed by atoms with Gasteiger partial charge in [0.15, 0.2) is 0 Å². The van der Waals surface area contributed by atoms with Gasteiger partial charge in [0.05, 0.1) is 10.6 Å². The van der Waals surface area contributed by atoms with E-state index in [4.69, 9.17) is 16.9 Å². The molecule has 0 aliphatic rings. The molecule has 1 aromatic carbocycles. The van der Waals surface area contributed by atoms with Gasteiger partial charge in [0.2, 0.25) is 0 Å². The van der Waals surface area contributed by atoms with E-state index in [1.807, 2.05) is 23.9 Å². The molecule has 17 heavy (non-hydrogen) atoms. The molecule has 2 nitrogen and oxygen atoms in total. The number of halogens is 1. The fourth-order valence-electron chi connectivity index (χ4n) is 1.55. The van der Waals surface area contributed by atoms with Crippen molar-refractivity contribution in [2.45, 2.75) is 19.4 Å². The van der Waals surface area contributed by atoms with Crippen molar-refractivity contribution in [1.82, 2.24) is 0 Å². The Labute approximate surface area is 113 Å². The normalized spacial score (nSPS) is 11.9. The SMILES string of the molecule is CSCCC(C)N(C)c1ccc(C#N)c(Cl)c1. The Morgan fingerprint density at radius 2 is 2.24 bits per heavy atom. The van der Waals surface area contributed by atoms with E-state index < -0.39 is 0 Å². The quantitative estimate of drug-likeness (QED) is 0.813. The van der Waals surface area contributed by atoms with Gasteiger partial charge in [0.1, 0.15) is 6.07 Å². The second kappa shape index (κ2) is 6.78. The lowest BCUT2D eigenvalue weighted by atomic mass is 10.1. The molecule has 1 aromatic rings. The minimum Gasteiger partial charge on any atom is -0.372 e. The van der Waals surface area contributed by atoms with E-state index >= 15 is 0 Å². The second-order valence-corrected chi connectivity index (χ2v) is 5.41. The molecule has 0 heterocycles. The summed E-state index contributed by atoms with van der Waals surface area (Å²) < 4.78 is 0. The number of rotatable bonds is 5. The van der Waals surface area contributed by atoms with Crippen LogP contribution in [0.3, 0.4) is 0 Å². The van der Waals surface area contributed by atoms with E-state index in [1.54, 1.807) is 6.07 Å². The van der Waals surface area contributed by atoms with Crippen molar-refractivity contribution in [3.8, 4) is 6.07 Å². The summed E-state index contributed by atoms with van der Waals surface area (Å²) >= 11 is 7.89. The molecule has 0 N–H and O–H groups in total. The third kappa shape index (κ3) is 3.83. The Morgan fingerprint density at radius 1 is 1.53 bits per heavy atom. The highest BCUT2D eigenvalue weighted by atomic mass is 35.5. The molecule has 1 atom stereocenters. The zero-order chi connectivity index (χ0) is 12.8. The van der Waals surface area contributed by atoms with Gasteiger partial charge in [-0.1, -0.05) is 11.6 Å². The molecule has 92 valence electrons. The average Bonchev–Trinajstić information content (AvgIpc) is 2.34. The van der Waals surface area contributed by atoms with Crippen LogP contribution in [0.2, 0.25) is 5.02 Å². The fourth-order valence-corrected chi connectivity index (χ4v) is 2.34. The van der Waals surface area contributed by atoms with Gasteiger partial charge in [-0.05, 0) is 43.6 Å². The van der Waals surface area contributed by atoms with Gasteiger partial charge < -0.3 is 4.90 Å². The molecule has 0 saturated heterocycles. The Hall–Kier alpha value is -0.850. The summed E-state index contributed by atoms with van der Waals surface area (Å²) in [6.07, 6.45) is 3.25. The molecule has 0 saturated carbocycles. The monoisotopic (exact) mass is 268 g/mol. The molecular weight excluding hydrogens is 252 g/mol. The summed E-state index contributed by atoms with van der Waals surface area (Å²) in [5.74, 6) is 1.15. The summed E-state index contributed by atoms with van der Waals surface area (Å²) in [4.78, 5) is 2.20. The first-order chi connectivity index (χ1) is 8.10. The van der Waals surface area contributed by atoms with Gasteiger partial charge in [0.25, 0.3) is 0 Å². The summed E-state index contributed by atoms with van der Waals surface area (Å²) in [6, 6.07) is 8.11.